The molecule has 0 unspecified atom stereocenters. The fraction of sp³-hybridized carbons (Fsp3) is 0.391. The Morgan fingerprint density at radius 1 is 1.00 bits per heavy atom. The zero-order chi connectivity index (χ0) is 19.9. The number of hydrogen-bond donors (Lipinski definition) is 0. The summed E-state index contributed by atoms with van der Waals surface area (Å²) in [6.45, 7) is 1.31. The fourth-order valence-corrected chi connectivity index (χ4v) is 3.61. The minimum atomic E-state index is -0.584. The van der Waals surface area contributed by atoms with Crippen LogP contribution < -0.4 is 4.74 Å². The van der Waals surface area contributed by atoms with Crippen LogP contribution in [-0.4, -0.2) is 25.0 Å². The van der Waals surface area contributed by atoms with E-state index in [1.54, 1.807) is 18.2 Å². The normalized spacial score (nSPS) is 14.5. The molecule has 1 saturated carbocycles. The van der Waals surface area contributed by atoms with E-state index in [-0.39, 0.29) is 19.0 Å². The van der Waals surface area contributed by atoms with Crippen molar-refractivity contribution in [3.8, 4) is 5.75 Å². The van der Waals surface area contributed by atoms with Crippen molar-refractivity contribution in [2.24, 2.45) is 0 Å². The molecule has 0 atom stereocenters. The monoisotopic (exact) mass is 400 g/mol. The molecule has 28 heavy (non-hydrogen) atoms. The highest BCUT2D eigenvalue weighted by Crippen LogP contribution is 2.32. The molecule has 3 rings (SSSR count). The van der Waals surface area contributed by atoms with Gasteiger partial charge in [0.05, 0.1) is 0 Å². The third-order valence-electron chi connectivity index (χ3n) is 5.16. The first-order chi connectivity index (χ1) is 13.5. The molecule has 0 bridgehead atoms. The van der Waals surface area contributed by atoms with E-state index in [2.05, 4.69) is 0 Å². The van der Waals surface area contributed by atoms with E-state index in [0.29, 0.717) is 22.3 Å². The molecule has 2 aromatic rings. The molecule has 0 aliphatic heterocycles. The van der Waals surface area contributed by atoms with E-state index in [0.717, 1.165) is 5.56 Å². The Kier molecular flexibility index (Phi) is 7.10. The fourth-order valence-electron chi connectivity index (χ4n) is 3.50. The third kappa shape index (κ3) is 5.59. The Labute approximate surface area is 170 Å². The summed E-state index contributed by atoms with van der Waals surface area (Å²) >= 11 is 5.96. The molecule has 2 aromatic carbocycles. The van der Waals surface area contributed by atoms with E-state index in [1.807, 2.05) is 31.2 Å². The third-order valence-corrected chi connectivity index (χ3v) is 5.58. The number of ether oxygens (including phenoxy) is 2. The number of carbonyl (C=O) groups is 2. The Bertz CT molecular complexity index is 823. The summed E-state index contributed by atoms with van der Waals surface area (Å²) < 4.78 is 10.4. The van der Waals surface area contributed by atoms with E-state index in [4.69, 9.17) is 21.1 Å². The van der Waals surface area contributed by atoms with Crippen molar-refractivity contribution in [1.82, 2.24) is 0 Å². The van der Waals surface area contributed by atoms with Crippen LogP contribution in [0, 0.1) is 6.92 Å². The summed E-state index contributed by atoms with van der Waals surface area (Å²) in [7, 11) is 0. The zero-order valence-electron chi connectivity index (χ0n) is 16.1. The average molecular weight is 401 g/mol. The van der Waals surface area contributed by atoms with Crippen LogP contribution in [0.1, 0.15) is 59.5 Å². The topological polar surface area (TPSA) is 52.6 Å². The lowest BCUT2D eigenvalue weighted by atomic mass is 9.84. The van der Waals surface area contributed by atoms with Crippen LogP contribution in [-0.2, 0) is 9.53 Å². The smallest absolute Gasteiger partial charge is 0.344 e. The van der Waals surface area contributed by atoms with Crippen LogP contribution in [0.25, 0.3) is 0 Å². The van der Waals surface area contributed by atoms with Gasteiger partial charge < -0.3 is 9.47 Å². The number of carbonyl (C=O) groups excluding carboxylic acids is 2. The van der Waals surface area contributed by atoms with Gasteiger partial charge in [0.2, 0.25) is 0 Å². The molecule has 0 saturated heterocycles. The van der Waals surface area contributed by atoms with Crippen molar-refractivity contribution in [3.63, 3.8) is 0 Å². The Balaban J connectivity index is 1.45. The van der Waals surface area contributed by atoms with E-state index >= 15 is 0 Å². The van der Waals surface area contributed by atoms with Gasteiger partial charge in [-0.05, 0) is 55.0 Å². The van der Waals surface area contributed by atoms with Crippen molar-refractivity contribution in [1.29, 1.82) is 0 Å². The number of Topliss-reactive ketones (excluding diaryl/α,β-unsaturated/α-hetero) is 1. The number of halogens is 1. The minimum Gasteiger partial charge on any atom is -0.482 e. The Hall–Kier alpha value is -2.33. The van der Waals surface area contributed by atoms with E-state index in [9.17, 15) is 9.59 Å². The van der Waals surface area contributed by atoms with Gasteiger partial charge in [0.25, 0.3) is 0 Å². The highest BCUT2D eigenvalue weighted by atomic mass is 35.5. The van der Waals surface area contributed by atoms with Gasteiger partial charge in [-0.15, -0.1) is 0 Å². The molecular formula is C23H25ClO4. The van der Waals surface area contributed by atoms with Crippen LogP contribution in [0.15, 0.2) is 42.5 Å². The van der Waals surface area contributed by atoms with Crippen LogP contribution >= 0.6 is 11.6 Å². The van der Waals surface area contributed by atoms with Gasteiger partial charge in [-0.3, -0.25) is 4.79 Å². The zero-order valence-corrected chi connectivity index (χ0v) is 16.8. The van der Waals surface area contributed by atoms with Gasteiger partial charge in [0.15, 0.2) is 19.0 Å². The lowest BCUT2D eigenvalue weighted by molar-refractivity contribution is -0.144. The molecule has 1 aliphatic rings. The van der Waals surface area contributed by atoms with Crippen LogP contribution in [0.4, 0.5) is 0 Å². The van der Waals surface area contributed by atoms with Crippen molar-refractivity contribution < 1.29 is 19.1 Å². The van der Waals surface area contributed by atoms with Gasteiger partial charge in [0.1, 0.15) is 5.75 Å². The predicted molar refractivity (Wildman–Crippen MR) is 109 cm³/mol. The van der Waals surface area contributed by atoms with Crippen LogP contribution in [0.5, 0.6) is 5.75 Å². The molecule has 0 N–H and O–H groups in total. The van der Waals surface area contributed by atoms with Gasteiger partial charge in [-0.1, -0.05) is 55.1 Å². The SMILES string of the molecule is Cc1cc(OCC(=O)OCC(=O)c2ccc(C3CCCCC3)cc2)ccc1Cl. The quantitative estimate of drug-likeness (QED) is 0.454. The van der Waals surface area contributed by atoms with Crippen molar-refractivity contribution in [2.45, 2.75) is 44.9 Å². The van der Waals surface area contributed by atoms with Crippen molar-refractivity contribution in [2.75, 3.05) is 13.2 Å². The average Bonchev–Trinajstić information content (AvgIpc) is 2.73. The molecule has 5 heteroatoms. The molecule has 0 amide bonds. The maximum Gasteiger partial charge on any atom is 0.344 e. The van der Waals surface area contributed by atoms with Crippen molar-refractivity contribution >= 4 is 23.4 Å². The summed E-state index contributed by atoms with van der Waals surface area (Å²) in [5, 5.41) is 0.634. The molecular weight excluding hydrogens is 376 g/mol. The molecule has 148 valence electrons. The molecule has 0 aromatic heterocycles. The van der Waals surface area contributed by atoms with E-state index < -0.39 is 5.97 Å². The maximum absolute atomic E-state index is 12.3. The summed E-state index contributed by atoms with van der Waals surface area (Å²) in [5.41, 5.74) is 2.71. The predicted octanol–water partition coefficient (Wildman–Crippen LogP) is 5.50. The summed E-state index contributed by atoms with van der Waals surface area (Å²) in [6, 6.07) is 12.8. The molecule has 1 aliphatic carbocycles. The lowest BCUT2D eigenvalue weighted by Gasteiger charge is -2.22. The lowest BCUT2D eigenvalue weighted by Crippen LogP contribution is -2.19. The highest BCUT2D eigenvalue weighted by Gasteiger charge is 2.16. The van der Waals surface area contributed by atoms with Gasteiger partial charge in [-0.25, -0.2) is 4.79 Å². The van der Waals surface area contributed by atoms with Gasteiger partial charge in [0, 0.05) is 10.6 Å². The first kappa shape index (κ1) is 20.4. The first-order valence-electron chi connectivity index (χ1n) is 9.70. The highest BCUT2D eigenvalue weighted by molar-refractivity contribution is 6.31. The van der Waals surface area contributed by atoms with Crippen LogP contribution in [0.2, 0.25) is 5.02 Å². The summed E-state index contributed by atoms with van der Waals surface area (Å²) in [4.78, 5) is 24.1. The first-order valence-corrected chi connectivity index (χ1v) is 10.1. The second-order valence-electron chi connectivity index (χ2n) is 7.24. The molecule has 1 fully saturated rings. The molecule has 0 heterocycles. The Morgan fingerprint density at radius 3 is 2.39 bits per heavy atom. The van der Waals surface area contributed by atoms with Crippen LogP contribution in [0.3, 0.4) is 0 Å². The van der Waals surface area contributed by atoms with Crippen molar-refractivity contribution in [3.05, 3.63) is 64.2 Å². The minimum absolute atomic E-state index is 0.217. The van der Waals surface area contributed by atoms with Gasteiger partial charge in [-0.2, -0.15) is 0 Å². The number of hydrogen-bond acceptors (Lipinski definition) is 4. The number of rotatable bonds is 7. The Morgan fingerprint density at radius 2 is 1.71 bits per heavy atom. The summed E-state index contributed by atoms with van der Waals surface area (Å²) in [6.07, 6.45) is 6.31. The largest absolute Gasteiger partial charge is 0.482 e. The summed E-state index contributed by atoms with van der Waals surface area (Å²) in [5.74, 6) is 0.332. The standard InChI is InChI=1S/C23H25ClO4/c1-16-13-20(11-12-21(16)24)27-15-23(26)28-14-22(25)19-9-7-18(8-10-19)17-5-3-2-4-6-17/h7-13,17H,2-6,14-15H2,1H3. The van der Waals surface area contributed by atoms with E-state index in [1.165, 1.54) is 37.7 Å². The second kappa shape index (κ2) is 9.74. The second-order valence-corrected chi connectivity index (χ2v) is 7.65. The number of ketones is 1. The molecule has 4 nitrogen and oxygen atoms in total. The number of benzene rings is 2. The number of aryl methyl sites for hydroxylation is 1. The number of esters is 1. The molecule has 0 spiro atoms. The van der Waals surface area contributed by atoms with Gasteiger partial charge >= 0.3 is 5.97 Å². The maximum atomic E-state index is 12.3. The molecule has 0 radical (unpaired) electrons.